The van der Waals surface area contributed by atoms with Crippen LogP contribution in [-0.2, 0) is 10.0 Å². The summed E-state index contributed by atoms with van der Waals surface area (Å²) in [5.41, 5.74) is 0.857. The fourth-order valence-electron chi connectivity index (χ4n) is 4.59. The molecule has 0 aliphatic carbocycles. The van der Waals surface area contributed by atoms with Crippen LogP contribution in [0.2, 0.25) is 0 Å². The second-order valence-electron chi connectivity index (χ2n) is 7.85. The Morgan fingerprint density at radius 2 is 1.68 bits per heavy atom. The number of hydrogen-bond acceptors (Lipinski definition) is 3. The van der Waals surface area contributed by atoms with Gasteiger partial charge >= 0.3 is 0 Å². The van der Waals surface area contributed by atoms with Crippen molar-refractivity contribution in [3.8, 4) is 0 Å². The number of nitrogens with one attached hydrogen (secondary N) is 1. The number of sulfonamides is 1. The Balaban J connectivity index is 1.67. The second-order valence-corrected chi connectivity index (χ2v) is 9.74. The summed E-state index contributed by atoms with van der Waals surface area (Å²) in [5, 5.41) is 3.59. The van der Waals surface area contributed by atoms with Gasteiger partial charge in [0.25, 0.3) is 0 Å². The monoisotopic (exact) mass is 402 g/mol. The predicted molar refractivity (Wildman–Crippen MR) is 108 cm³/mol. The lowest BCUT2D eigenvalue weighted by Crippen LogP contribution is -2.50. The summed E-state index contributed by atoms with van der Waals surface area (Å²) < 4.78 is 42.1. The topological polar surface area (TPSA) is 49.4 Å². The van der Waals surface area contributed by atoms with Crippen LogP contribution >= 0.6 is 0 Å². The lowest BCUT2D eigenvalue weighted by atomic mass is 9.83. The third-order valence-corrected chi connectivity index (χ3v) is 7.98. The van der Waals surface area contributed by atoms with E-state index in [1.807, 2.05) is 6.07 Å². The van der Waals surface area contributed by atoms with Crippen LogP contribution in [0.15, 0.2) is 59.5 Å². The summed E-state index contributed by atoms with van der Waals surface area (Å²) >= 11 is 0. The zero-order valence-electron chi connectivity index (χ0n) is 15.9. The summed E-state index contributed by atoms with van der Waals surface area (Å²) in [5.74, 6) is -0.00297. The van der Waals surface area contributed by atoms with Crippen molar-refractivity contribution in [2.75, 3.05) is 13.1 Å². The third kappa shape index (κ3) is 4.00. The normalized spacial score (nSPS) is 26.8. The maximum Gasteiger partial charge on any atom is 0.243 e. The smallest absolute Gasteiger partial charge is 0.243 e. The molecule has 2 heterocycles. The van der Waals surface area contributed by atoms with E-state index in [-0.39, 0.29) is 11.9 Å². The van der Waals surface area contributed by atoms with Gasteiger partial charge < -0.3 is 5.32 Å². The van der Waals surface area contributed by atoms with Crippen molar-refractivity contribution >= 4 is 10.0 Å². The molecule has 4 nitrogen and oxygen atoms in total. The van der Waals surface area contributed by atoms with E-state index in [0.717, 1.165) is 31.4 Å². The van der Waals surface area contributed by atoms with Gasteiger partial charge in [-0.1, -0.05) is 36.8 Å². The maximum absolute atomic E-state index is 13.5. The fraction of sp³-hybridized carbons (Fsp3) is 0.455. The second kappa shape index (κ2) is 8.31. The SMILES string of the molecule is O=S(=O)(c1ccccc1)N1CC(C2CCCCN2)CCC1c1ccc(F)cc1. The van der Waals surface area contributed by atoms with Gasteiger partial charge in [-0.2, -0.15) is 4.31 Å². The molecule has 1 N–H and O–H groups in total. The van der Waals surface area contributed by atoms with Crippen molar-refractivity contribution in [2.24, 2.45) is 5.92 Å². The Morgan fingerprint density at radius 1 is 0.929 bits per heavy atom. The van der Waals surface area contributed by atoms with E-state index in [9.17, 15) is 12.8 Å². The van der Waals surface area contributed by atoms with Crippen LogP contribution in [0.25, 0.3) is 0 Å². The minimum Gasteiger partial charge on any atom is -0.314 e. The summed E-state index contributed by atoms with van der Waals surface area (Å²) in [6.07, 6.45) is 5.21. The number of piperidine rings is 2. The molecule has 3 atom stereocenters. The third-order valence-electron chi connectivity index (χ3n) is 6.10. The molecule has 0 amide bonds. The summed E-state index contributed by atoms with van der Waals surface area (Å²) in [6, 6.07) is 15.0. The van der Waals surface area contributed by atoms with Gasteiger partial charge in [-0.3, -0.25) is 0 Å². The van der Waals surface area contributed by atoms with Crippen LogP contribution in [0, 0.1) is 11.7 Å². The Hall–Kier alpha value is -1.76. The lowest BCUT2D eigenvalue weighted by Gasteiger charge is -2.42. The van der Waals surface area contributed by atoms with E-state index in [0.29, 0.717) is 23.4 Å². The molecule has 2 aliphatic rings. The van der Waals surface area contributed by atoms with Gasteiger partial charge in [0.15, 0.2) is 0 Å². The molecule has 0 radical (unpaired) electrons. The average Bonchev–Trinajstić information content (AvgIpc) is 2.75. The predicted octanol–water partition coefficient (Wildman–Crippen LogP) is 4.11. The van der Waals surface area contributed by atoms with Crippen molar-refractivity contribution < 1.29 is 12.8 Å². The van der Waals surface area contributed by atoms with Crippen LogP contribution < -0.4 is 5.32 Å². The van der Waals surface area contributed by atoms with Crippen molar-refractivity contribution in [3.05, 3.63) is 66.0 Å². The standard InChI is InChI=1S/C22H27FN2O2S/c23-19-12-9-17(10-13-19)22-14-11-18(21-8-4-5-15-24-21)16-25(22)28(26,27)20-6-2-1-3-7-20/h1-3,6-7,9-10,12-13,18,21-22,24H,4-5,8,11,14-16H2. The minimum atomic E-state index is -3.63. The van der Waals surface area contributed by atoms with Gasteiger partial charge in [-0.15, -0.1) is 0 Å². The molecule has 0 aromatic heterocycles. The highest BCUT2D eigenvalue weighted by molar-refractivity contribution is 7.89. The van der Waals surface area contributed by atoms with Gasteiger partial charge in [0.2, 0.25) is 10.0 Å². The first kappa shape index (κ1) is 19.6. The molecule has 4 rings (SSSR count). The minimum absolute atomic E-state index is 0.259. The Morgan fingerprint density at radius 3 is 2.36 bits per heavy atom. The van der Waals surface area contributed by atoms with Gasteiger partial charge in [-0.05, 0) is 68.0 Å². The first-order chi connectivity index (χ1) is 13.6. The van der Waals surface area contributed by atoms with Crippen LogP contribution in [0.3, 0.4) is 0 Å². The van der Waals surface area contributed by atoms with E-state index >= 15 is 0 Å². The highest BCUT2D eigenvalue weighted by atomic mass is 32.2. The molecule has 2 aromatic rings. The van der Waals surface area contributed by atoms with Crippen LogP contribution in [-0.4, -0.2) is 31.9 Å². The molecule has 0 saturated carbocycles. The highest BCUT2D eigenvalue weighted by Gasteiger charge is 2.40. The molecular weight excluding hydrogens is 375 g/mol. The molecule has 3 unspecified atom stereocenters. The number of benzene rings is 2. The Kier molecular flexibility index (Phi) is 5.80. The lowest BCUT2D eigenvalue weighted by molar-refractivity contribution is 0.151. The van der Waals surface area contributed by atoms with E-state index in [1.54, 1.807) is 40.7 Å². The summed E-state index contributed by atoms with van der Waals surface area (Å²) in [6.45, 7) is 1.50. The van der Waals surface area contributed by atoms with Crippen LogP contribution in [0.5, 0.6) is 0 Å². The van der Waals surface area contributed by atoms with Crippen LogP contribution in [0.1, 0.15) is 43.7 Å². The fourth-order valence-corrected chi connectivity index (χ4v) is 6.31. The van der Waals surface area contributed by atoms with E-state index in [4.69, 9.17) is 0 Å². The highest BCUT2D eigenvalue weighted by Crippen LogP contribution is 2.39. The molecule has 2 saturated heterocycles. The largest absolute Gasteiger partial charge is 0.314 e. The molecule has 0 spiro atoms. The molecule has 6 heteroatoms. The number of rotatable bonds is 4. The summed E-state index contributed by atoms with van der Waals surface area (Å²) in [4.78, 5) is 0.319. The van der Waals surface area contributed by atoms with Crippen molar-refractivity contribution in [2.45, 2.75) is 49.1 Å². The molecule has 2 fully saturated rings. The van der Waals surface area contributed by atoms with E-state index < -0.39 is 10.0 Å². The zero-order chi connectivity index (χ0) is 19.6. The molecule has 0 bridgehead atoms. The van der Waals surface area contributed by atoms with Crippen molar-refractivity contribution in [3.63, 3.8) is 0 Å². The Bertz CT molecular complexity index is 881. The molecule has 2 aliphatic heterocycles. The van der Waals surface area contributed by atoms with Crippen LogP contribution in [0.4, 0.5) is 4.39 Å². The average molecular weight is 403 g/mol. The number of hydrogen-bond donors (Lipinski definition) is 1. The van der Waals surface area contributed by atoms with E-state index in [2.05, 4.69) is 5.32 Å². The maximum atomic E-state index is 13.5. The van der Waals surface area contributed by atoms with Crippen molar-refractivity contribution in [1.82, 2.24) is 9.62 Å². The first-order valence-electron chi connectivity index (χ1n) is 10.1. The molecule has 150 valence electrons. The van der Waals surface area contributed by atoms with Gasteiger partial charge in [-0.25, -0.2) is 12.8 Å². The van der Waals surface area contributed by atoms with Crippen molar-refractivity contribution in [1.29, 1.82) is 0 Å². The van der Waals surface area contributed by atoms with E-state index in [1.165, 1.54) is 25.0 Å². The molecular formula is C22H27FN2O2S. The van der Waals surface area contributed by atoms with Gasteiger partial charge in [0.1, 0.15) is 5.82 Å². The van der Waals surface area contributed by atoms with Gasteiger partial charge in [0.05, 0.1) is 10.9 Å². The first-order valence-corrected chi connectivity index (χ1v) is 11.6. The number of nitrogens with zero attached hydrogens (tertiary/aromatic N) is 1. The Labute approximate surface area is 166 Å². The quantitative estimate of drug-likeness (QED) is 0.837. The number of halogens is 1. The van der Waals surface area contributed by atoms with Gasteiger partial charge in [0, 0.05) is 12.6 Å². The zero-order valence-corrected chi connectivity index (χ0v) is 16.7. The summed E-state index contributed by atoms with van der Waals surface area (Å²) in [7, 11) is -3.63. The molecule has 28 heavy (non-hydrogen) atoms. The molecule has 2 aromatic carbocycles.